The SMILES string of the molecule is CC[C@H](C)C([C@@H](CC(=O)N1CCC[C@H]1[C@H](OC)[C@@H](C)C(=O)N[C@@H](Cc1ccccc1)C(=O)NCCN(C)C)OC)N(C)C(=O)[C@@H](NC(=O)[C@@H](NC)C(C)C)C(C)C. The number of likely N-dealkylation sites (N-methyl/N-ethyl adjacent to an activating group) is 3. The van der Waals surface area contributed by atoms with Crippen LogP contribution in [-0.4, -0.2) is 149 Å². The van der Waals surface area contributed by atoms with Crippen molar-refractivity contribution in [2.75, 3.05) is 62.0 Å². The van der Waals surface area contributed by atoms with Crippen LogP contribution in [0.5, 0.6) is 0 Å². The monoisotopic (exact) mass is 802 g/mol. The number of ether oxygens (including phenoxy) is 2. The van der Waals surface area contributed by atoms with Crippen LogP contribution in [0.25, 0.3) is 0 Å². The Balaban J connectivity index is 2.29. The van der Waals surface area contributed by atoms with E-state index in [1.807, 2.05) is 90.9 Å². The molecule has 0 aliphatic carbocycles. The lowest BCUT2D eigenvalue weighted by atomic mass is 9.89. The topological polar surface area (TPSA) is 162 Å². The lowest BCUT2D eigenvalue weighted by Gasteiger charge is -2.41. The third-order valence-electron chi connectivity index (χ3n) is 11.5. The number of likely N-dealkylation sites (tertiary alicyclic amines) is 1. The van der Waals surface area contributed by atoms with E-state index in [9.17, 15) is 24.0 Å². The summed E-state index contributed by atoms with van der Waals surface area (Å²) in [6, 6.07) is 6.69. The summed E-state index contributed by atoms with van der Waals surface area (Å²) < 4.78 is 12.0. The molecule has 324 valence electrons. The van der Waals surface area contributed by atoms with E-state index in [0.29, 0.717) is 32.5 Å². The Kier molecular flexibility index (Phi) is 21.2. The molecule has 1 aromatic carbocycles. The van der Waals surface area contributed by atoms with Crippen molar-refractivity contribution in [3.8, 4) is 0 Å². The van der Waals surface area contributed by atoms with E-state index in [1.54, 1.807) is 45.0 Å². The number of carbonyl (C=O) groups excluding carboxylic acids is 5. The minimum absolute atomic E-state index is 0.0107. The molecule has 0 bridgehead atoms. The van der Waals surface area contributed by atoms with E-state index in [0.717, 1.165) is 18.4 Å². The molecule has 1 saturated heterocycles. The summed E-state index contributed by atoms with van der Waals surface area (Å²) in [6.45, 7) is 15.2. The average Bonchev–Trinajstić information content (AvgIpc) is 3.66. The van der Waals surface area contributed by atoms with Crippen LogP contribution in [0.4, 0.5) is 0 Å². The largest absolute Gasteiger partial charge is 0.379 e. The van der Waals surface area contributed by atoms with Crippen LogP contribution >= 0.6 is 0 Å². The Morgan fingerprint density at radius 1 is 0.860 bits per heavy atom. The van der Waals surface area contributed by atoms with Crippen LogP contribution < -0.4 is 21.3 Å². The summed E-state index contributed by atoms with van der Waals surface area (Å²) in [5.41, 5.74) is 0.919. The fraction of sp³-hybridized carbons (Fsp3) is 0.744. The standard InChI is InChI=1S/C43H75N7O7/c1-14-29(6)38(49(11)43(55)37(28(4)5)47-42(54)36(44-8)27(2)3)34(56-12)26-35(51)50-23-18-21-33(50)39(57-13)30(7)40(52)46-32(25-31-19-16-15-17-20-31)41(53)45-22-24-48(9)10/h15-17,19-20,27-30,32-34,36-39,44H,14,18,21-26H2,1-13H3,(H,45,53)(H,46,52)(H,47,54)/t29-,30+,32-,33-,34+,36-,37-,38?,39+/m0/s1. The van der Waals surface area contributed by atoms with Gasteiger partial charge >= 0.3 is 0 Å². The molecule has 5 amide bonds. The van der Waals surface area contributed by atoms with E-state index in [4.69, 9.17) is 9.47 Å². The van der Waals surface area contributed by atoms with Crippen LogP contribution in [0.15, 0.2) is 30.3 Å². The molecular weight excluding hydrogens is 727 g/mol. The van der Waals surface area contributed by atoms with Gasteiger partial charge in [-0.15, -0.1) is 0 Å². The minimum atomic E-state index is -0.799. The number of hydrogen-bond donors (Lipinski definition) is 4. The highest BCUT2D eigenvalue weighted by Gasteiger charge is 2.43. The number of benzene rings is 1. The molecule has 4 N–H and O–H groups in total. The predicted octanol–water partition coefficient (Wildman–Crippen LogP) is 2.70. The summed E-state index contributed by atoms with van der Waals surface area (Å²) >= 11 is 0. The molecule has 14 heteroatoms. The first kappa shape index (κ1) is 49.6. The molecule has 1 unspecified atom stereocenters. The number of hydrogen-bond acceptors (Lipinski definition) is 9. The molecule has 1 aliphatic rings. The van der Waals surface area contributed by atoms with E-state index >= 15 is 0 Å². The Morgan fingerprint density at radius 2 is 1.49 bits per heavy atom. The lowest BCUT2D eigenvalue weighted by molar-refractivity contribution is -0.148. The molecule has 1 aromatic rings. The quantitative estimate of drug-likeness (QED) is 0.123. The predicted molar refractivity (Wildman–Crippen MR) is 224 cm³/mol. The first-order chi connectivity index (χ1) is 26.9. The second kappa shape index (κ2) is 24.4. The number of carbonyl (C=O) groups is 5. The van der Waals surface area contributed by atoms with Crippen molar-refractivity contribution in [1.29, 1.82) is 0 Å². The normalized spacial score (nSPS) is 18.7. The zero-order chi connectivity index (χ0) is 43.0. The molecule has 9 atom stereocenters. The number of nitrogens with zero attached hydrogens (tertiary/aromatic N) is 3. The molecule has 57 heavy (non-hydrogen) atoms. The molecular formula is C43H75N7O7. The minimum Gasteiger partial charge on any atom is -0.379 e. The van der Waals surface area contributed by atoms with Gasteiger partial charge in [-0.2, -0.15) is 0 Å². The fourth-order valence-electron chi connectivity index (χ4n) is 7.94. The molecule has 0 radical (unpaired) electrons. The van der Waals surface area contributed by atoms with Gasteiger partial charge in [-0.3, -0.25) is 24.0 Å². The van der Waals surface area contributed by atoms with Crippen molar-refractivity contribution in [3.63, 3.8) is 0 Å². The fourth-order valence-corrected chi connectivity index (χ4v) is 7.94. The zero-order valence-electron chi connectivity index (χ0n) is 37.1. The van der Waals surface area contributed by atoms with Gasteiger partial charge in [-0.1, -0.05) is 85.2 Å². The lowest BCUT2D eigenvalue weighted by Crippen LogP contribution is -2.59. The van der Waals surface area contributed by atoms with Gasteiger partial charge in [0, 0.05) is 47.3 Å². The third-order valence-corrected chi connectivity index (χ3v) is 11.5. The van der Waals surface area contributed by atoms with Gasteiger partial charge in [0.2, 0.25) is 29.5 Å². The van der Waals surface area contributed by atoms with E-state index in [1.165, 1.54) is 0 Å². The average molecular weight is 802 g/mol. The van der Waals surface area contributed by atoms with Gasteiger partial charge in [-0.05, 0) is 57.3 Å². The molecule has 1 fully saturated rings. The molecule has 1 heterocycles. The Morgan fingerprint density at radius 3 is 2.02 bits per heavy atom. The van der Waals surface area contributed by atoms with Crippen molar-refractivity contribution in [2.24, 2.45) is 23.7 Å². The number of methoxy groups -OCH3 is 2. The van der Waals surface area contributed by atoms with Gasteiger partial charge in [0.25, 0.3) is 0 Å². The number of rotatable bonds is 24. The number of amides is 5. The maximum Gasteiger partial charge on any atom is 0.245 e. The van der Waals surface area contributed by atoms with Crippen LogP contribution in [0, 0.1) is 23.7 Å². The van der Waals surface area contributed by atoms with E-state index < -0.39 is 42.3 Å². The second-order valence-electron chi connectivity index (χ2n) is 16.7. The first-order valence-electron chi connectivity index (χ1n) is 20.8. The summed E-state index contributed by atoms with van der Waals surface area (Å²) in [5, 5.41) is 12.0. The maximum atomic E-state index is 14.3. The summed E-state index contributed by atoms with van der Waals surface area (Å²) in [4.78, 5) is 74.4. The molecule has 0 spiro atoms. The van der Waals surface area contributed by atoms with Gasteiger partial charge < -0.3 is 45.4 Å². The zero-order valence-corrected chi connectivity index (χ0v) is 37.1. The Labute approximate surface area is 342 Å². The molecule has 0 aromatic heterocycles. The maximum absolute atomic E-state index is 14.3. The number of nitrogens with one attached hydrogen (secondary N) is 4. The van der Waals surface area contributed by atoms with Crippen LogP contribution in [0.2, 0.25) is 0 Å². The van der Waals surface area contributed by atoms with Crippen molar-refractivity contribution in [3.05, 3.63) is 35.9 Å². The van der Waals surface area contributed by atoms with Crippen LogP contribution in [0.3, 0.4) is 0 Å². The molecule has 1 aliphatic heterocycles. The van der Waals surface area contributed by atoms with Crippen molar-refractivity contribution in [1.82, 2.24) is 36.0 Å². The van der Waals surface area contributed by atoms with Crippen LogP contribution in [0.1, 0.15) is 79.7 Å². The Bertz CT molecular complexity index is 1410. The van der Waals surface area contributed by atoms with E-state index in [2.05, 4.69) is 21.3 Å². The summed E-state index contributed by atoms with van der Waals surface area (Å²) in [7, 11) is 10.4. The molecule has 2 rings (SSSR count). The Hall–Kier alpha value is -3.59. The van der Waals surface area contributed by atoms with Crippen LogP contribution in [-0.2, 0) is 39.9 Å². The van der Waals surface area contributed by atoms with Crippen molar-refractivity contribution < 1.29 is 33.4 Å². The van der Waals surface area contributed by atoms with Gasteiger partial charge in [-0.25, -0.2) is 0 Å². The summed E-state index contributed by atoms with van der Waals surface area (Å²) in [5.74, 6) is -2.11. The smallest absolute Gasteiger partial charge is 0.245 e. The highest BCUT2D eigenvalue weighted by molar-refractivity contribution is 5.90. The highest BCUT2D eigenvalue weighted by atomic mass is 16.5. The van der Waals surface area contributed by atoms with Gasteiger partial charge in [0.1, 0.15) is 12.1 Å². The highest BCUT2D eigenvalue weighted by Crippen LogP contribution is 2.30. The molecule has 0 saturated carbocycles. The van der Waals surface area contributed by atoms with Crippen molar-refractivity contribution >= 4 is 29.5 Å². The second-order valence-corrected chi connectivity index (χ2v) is 16.7. The van der Waals surface area contributed by atoms with Gasteiger partial charge in [0.15, 0.2) is 0 Å². The molecule has 14 nitrogen and oxygen atoms in total. The van der Waals surface area contributed by atoms with Gasteiger partial charge in [0.05, 0.1) is 42.7 Å². The third kappa shape index (κ3) is 14.3. The summed E-state index contributed by atoms with van der Waals surface area (Å²) in [6.07, 6.45) is 1.17. The van der Waals surface area contributed by atoms with E-state index in [-0.39, 0.29) is 59.8 Å². The first-order valence-corrected chi connectivity index (χ1v) is 20.8. The van der Waals surface area contributed by atoms with Crippen molar-refractivity contribution in [2.45, 2.75) is 123 Å².